The summed E-state index contributed by atoms with van der Waals surface area (Å²) in [4.78, 5) is 19.4. The van der Waals surface area contributed by atoms with E-state index >= 15 is 0 Å². The number of amides is 2. The van der Waals surface area contributed by atoms with Crippen molar-refractivity contribution < 1.29 is 13.9 Å². The van der Waals surface area contributed by atoms with E-state index in [1.165, 1.54) is 22.1 Å². The van der Waals surface area contributed by atoms with Crippen LogP contribution < -0.4 is 10.1 Å². The fourth-order valence-electron chi connectivity index (χ4n) is 5.24. The molecular weight excluding hydrogens is 475 g/mol. The van der Waals surface area contributed by atoms with Gasteiger partial charge in [-0.25, -0.2) is 9.18 Å². The molecule has 0 saturated heterocycles. The number of hydrogen-bond acceptors (Lipinski definition) is 4. The van der Waals surface area contributed by atoms with E-state index < -0.39 is 5.82 Å². The fraction of sp³-hybridized carbons (Fsp3) is 0.250. The van der Waals surface area contributed by atoms with Crippen LogP contribution in [-0.2, 0) is 19.5 Å². The molecule has 2 aromatic heterocycles. The molecule has 8 heteroatoms. The smallest absolute Gasteiger partial charge is 0.323 e. The number of nitrogens with zero attached hydrogens (tertiary/aromatic N) is 3. The number of carbonyl (C=O) groups is 1. The van der Waals surface area contributed by atoms with E-state index in [0.717, 1.165) is 41.5 Å². The molecular formula is C28H27FN4O2S. The maximum atomic E-state index is 14.5. The van der Waals surface area contributed by atoms with Gasteiger partial charge in [0.15, 0.2) is 0 Å². The number of fused-ring (bicyclic) bond motifs is 5. The number of ether oxygens (including phenoxy) is 1. The van der Waals surface area contributed by atoms with Gasteiger partial charge in [-0.2, -0.15) is 0 Å². The van der Waals surface area contributed by atoms with Gasteiger partial charge in [0, 0.05) is 29.7 Å². The Morgan fingerprint density at radius 3 is 2.64 bits per heavy atom. The largest absolute Gasteiger partial charge is 0.497 e. The van der Waals surface area contributed by atoms with Crippen LogP contribution in [0.3, 0.4) is 0 Å². The first-order valence-electron chi connectivity index (χ1n) is 12.0. The minimum Gasteiger partial charge on any atom is -0.497 e. The average Bonchev–Trinajstić information content (AvgIpc) is 3.47. The summed E-state index contributed by atoms with van der Waals surface area (Å²) in [6, 6.07) is 17.5. The summed E-state index contributed by atoms with van der Waals surface area (Å²) in [5.74, 6) is 0.295. The fourth-order valence-corrected chi connectivity index (χ4v) is 6.68. The monoisotopic (exact) mass is 502 g/mol. The average molecular weight is 503 g/mol. The van der Waals surface area contributed by atoms with Gasteiger partial charge in [0.1, 0.15) is 16.6 Å². The lowest BCUT2D eigenvalue weighted by atomic mass is 10.00. The lowest BCUT2D eigenvalue weighted by Gasteiger charge is -2.32. The number of thiophene rings is 1. The second-order valence-electron chi connectivity index (χ2n) is 9.29. The number of methoxy groups -OCH3 is 1. The van der Waals surface area contributed by atoms with Gasteiger partial charge >= 0.3 is 6.03 Å². The predicted molar refractivity (Wildman–Crippen MR) is 139 cm³/mol. The summed E-state index contributed by atoms with van der Waals surface area (Å²) >= 11 is 1.81. The molecule has 4 heterocycles. The third-order valence-electron chi connectivity index (χ3n) is 7.06. The van der Waals surface area contributed by atoms with E-state index in [4.69, 9.17) is 4.74 Å². The maximum absolute atomic E-state index is 14.5. The van der Waals surface area contributed by atoms with Crippen molar-refractivity contribution in [3.8, 4) is 10.8 Å². The molecule has 0 unspecified atom stereocenters. The van der Waals surface area contributed by atoms with Crippen molar-refractivity contribution in [2.45, 2.75) is 25.6 Å². The maximum Gasteiger partial charge on any atom is 0.323 e. The molecule has 0 saturated carbocycles. The molecule has 2 amide bonds. The van der Waals surface area contributed by atoms with E-state index in [2.05, 4.69) is 34.1 Å². The normalized spacial score (nSPS) is 17.1. The number of aromatic nitrogens is 1. The van der Waals surface area contributed by atoms with Crippen molar-refractivity contribution in [3.63, 3.8) is 0 Å². The van der Waals surface area contributed by atoms with E-state index in [1.807, 2.05) is 46.6 Å². The Labute approximate surface area is 213 Å². The third kappa shape index (κ3) is 3.86. The first-order valence-corrected chi connectivity index (χ1v) is 12.8. The number of hydrogen-bond donors (Lipinski definition) is 1. The SMILES string of the molecule is COc1ccc([C@H]2c3cccn3-c3sc4c(c3CN2C(=O)Nc2ccccc2F)CCN(C)C4)cc1. The van der Waals surface area contributed by atoms with Crippen molar-refractivity contribution in [2.75, 3.05) is 26.0 Å². The van der Waals surface area contributed by atoms with Gasteiger partial charge < -0.3 is 24.4 Å². The molecule has 1 N–H and O–H groups in total. The molecule has 0 bridgehead atoms. The molecule has 2 aliphatic rings. The molecule has 6 nitrogen and oxygen atoms in total. The molecule has 6 rings (SSSR count). The van der Waals surface area contributed by atoms with Crippen LogP contribution in [0.5, 0.6) is 5.75 Å². The highest BCUT2D eigenvalue weighted by Crippen LogP contribution is 2.43. The Kier molecular flexibility index (Phi) is 5.78. The molecule has 2 aliphatic heterocycles. The summed E-state index contributed by atoms with van der Waals surface area (Å²) in [5, 5.41) is 4.00. The first kappa shape index (κ1) is 22.8. The Morgan fingerprint density at radius 2 is 1.86 bits per heavy atom. The predicted octanol–water partition coefficient (Wildman–Crippen LogP) is 5.81. The van der Waals surface area contributed by atoms with Gasteiger partial charge in [0.05, 0.1) is 31.1 Å². The highest BCUT2D eigenvalue weighted by molar-refractivity contribution is 7.15. The number of nitrogens with one attached hydrogen (secondary N) is 1. The lowest BCUT2D eigenvalue weighted by molar-refractivity contribution is 0.194. The Balaban J connectivity index is 1.49. The molecule has 1 atom stereocenters. The van der Waals surface area contributed by atoms with Crippen LogP contribution in [0.15, 0.2) is 66.9 Å². The van der Waals surface area contributed by atoms with Crippen LogP contribution in [0.2, 0.25) is 0 Å². The number of urea groups is 1. The quantitative estimate of drug-likeness (QED) is 0.385. The molecule has 0 fully saturated rings. The molecule has 36 heavy (non-hydrogen) atoms. The second-order valence-corrected chi connectivity index (χ2v) is 10.4. The topological polar surface area (TPSA) is 49.7 Å². The van der Waals surface area contributed by atoms with E-state index in [9.17, 15) is 9.18 Å². The van der Waals surface area contributed by atoms with Gasteiger partial charge in [-0.15, -0.1) is 11.3 Å². The zero-order chi connectivity index (χ0) is 24.8. The van der Waals surface area contributed by atoms with Crippen molar-refractivity contribution in [2.24, 2.45) is 0 Å². The molecule has 184 valence electrons. The summed E-state index contributed by atoms with van der Waals surface area (Å²) < 4.78 is 22.1. The van der Waals surface area contributed by atoms with Crippen LogP contribution in [0.25, 0.3) is 5.00 Å². The van der Waals surface area contributed by atoms with E-state index in [0.29, 0.717) is 6.54 Å². The van der Waals surface area contributed by atoms with Crippen LogP contribution in [-0.4, -0.2) is 41.1 Å². The number of carbonyl (C=O) groups excluding carboxylic acids is 1. The Hall–Kier alpha value is -3.62. The number of halogens is 1. The van der Waals surface area contributed by atoms with Crippen LogP contribution in [0, 0.1) is 5.82 Å². The van der Waals surface area contributed by atoms with Crippen LogP contribution >= 0.6 is 11.3 Å². The minimum absolute atomic E-state index is 0.171. The first-order chi connectivity index (χ1) is 17.5. The Morgan fingerprint density at radius 1 is 1.06 bits per heavy atom. The number of benzene rings is 2. The molecule has 0 radical (unpaired) electrons. The van der Waals surface area contributed by atoms with Crippen LogP contribution in [0.4, 0.5) is 14.9 Å². The zero-order valence-electron chi connectivity index (χ0n) is 20.2. The number of anilines is 1. The summed E-state index contributed by atoms with van der Waals surface area (Å²) in [6.07, 6.45) is 3.03. The standard InChI is InChI=1S/C28H27FN4O2S/c1-31-15-13-20-21-16-33(28(34)30-23-7-4-3-6-22(23)29)26(18-9-11-19(35-2)12-10-18)24-8-5-14-32(24)27(21)36-25(20)17-31/h3-12,14,26H,13,15-17H2,1-2H3,(H,30,34)/t26-/m0/s1. The van der Waals surface area contributed by atoms with Gasteiger partial charge in [0.2, 0.25) is 0 Å². The van der Waals surface area contributed by atoms with E-state index in [1.54, 1.807) is 25.3 Å². The van der Waals surface area contributed by atoms with Crippen molar-refractivity contribution in [1.29, 1.82) is 0 Å². The van der Waals surface area contributed by atoms with Gasteiger partial charge in [-0.1, -0.05) is 24.3 Å². The highest BCUT2D eigenvalue weighted by Gasteiger charge is 2.36. The molecule has 2 aromatic carbocycles. The van der Waals surface area contributed by atoms with Gasteiger partial charge in [-0.3, -0.25) is 0 Å². The lowest BCUT2D eigenvalue weighted by Crippen LogP contribution is -2.38. The van der Waals surface area contributed by atoms with Crippen molar-refractivity contribution in [1.82, 2.24) is 14.4 Å². The summed E-state index contributed by atoms with van der Waals surface area (Å²) in [6.45, 7) is 2.33. The number of para-hydroxylation sites is 1. The molecule has 0 aliphatic carbocycles. The van der Waals surface area contributed by atoms with Crippen molar-refractivity contribution >= 4 is 23.1 Å². The number of rotatable bonds is 3. The zero-order valence-corrected chi connectivity index (χ0v) is 21.0. The van der Waals surface area contributed by atoms with E-state index in [-0.39, 0.29) is 17.8 Å². The summed E-state index contributed by atoms with van der Waals surface area (Å²) in [5.41, 5.74) is 4.65. The summed E-state index contributed by atoms with van der Waals surface area (Å²) in [7, 11) is 3.78. The van der Waals surface area contributed by atoms with Crippen molar-refractivity contribution in [3.05, 3.63) is 99.9 Å². The van der Waals surface area contributed by atoms with Crippen LogP contribution in [0.1, 0.15) is 33.3 Å². The Bertz CT molecular complexity index is 1430. The second kappa shape index (κ2) is 9.11. The molecule has 4 aromatic rings. The molecule has 0 spiro atoms. The van der Waals surface area contributed by atoms with Gasteiger partial charge in [-0.05, 0) is 61.0 Å². The van der Waals surface area contributed by atoms with Gasteiger partial charge in [0.25, 0.3) is 0 Å². The number of likely N-dealkylation sites (N-methyl/N-ethyl adjacent to an activating group) is 1. The third-order valence-corrected chi connectivity index (χ3v) is 8.32. The minimum atomic E-state index is -0.457. The highest BCUT2D eigenvalue weighted by atomic mass is 32.1.